The van der Waals surface area contributed by atoms with Gasteiger partial charge in [0.25, 0.3) is 11.7 Å². The number of nitrogens with zero attached hydrogens (tertiary/aromatic N) is 1. The summed E-state index contributed by atoms with van der Waals surface area (Å²) in [6.07, 6.45) is 0.0550. The molecule has 1 amide bonds. The number of aliphatic hydroxyl groups is 1. The predicted molar refractivity (Wildman–Crippen MR) is 126 cm³/mol. The zero-order valence-electron chi connectivity index (χ0n) is 19.0. The van der Waals surface area contributed by atoms with E-state index in [9.17, 15) is 23.9 Å². The quantitative estimate of drug-likeness (QED) is 0.249. The number of anilines is 1. The van der Waals surface area contributed by atoms with Crippen LogP contribution in [0.15, 0.2) is 78.4 Å². The second-order valence-electron chi connectivity index (χ2n) is 7.87. The number of esters is 1. The van der Waals surface area contributed by atoms with Gasteiger partial charge in [-0.3, -0.25) is 19.3 Å². The highest BCUT2D eigenvalue weighted by atomic mass is 19.1. The van der Waals surface area contributed by atoms with Crippen molar-refractivity contribution in [2.24, 2.45) is 0 Å². The lowest BCUT2D eigenvalue weighted by Gasteiger charge is -2.26. The molecule has 0 saturated carbocycles. The summed E-state index contributed by atoms with van der Waals surface area (Å²) in [5.41, 5.74) is 1.66. The van der Waals surface area contributed by atoms with Gasteiger partial charge < -0.3 is 14.6 Å². The number of amides is 1. The van der Waals surface area contributed by atoms with Gasteiger partial charge in [-0.25, -0.2) is 4.39 Å². The number of carbonyl (C=O) groups excluding carboxylic acids is 3. The van der Waals surface area contributed by atoms with Crippen LogP contribution in [0.3, 0.4) is 0 Å². The molecule has 4 rings (SSSR count). The number of rotatable bonds is 6. The Kier molecular flexibility index (Phi) is 6.64. The fourth-order valence-corrected chi connectivity index (χ4v) is 4.00. The lowest BCUT2D eigenvalue weighted by Crippen LogP contribution is -2.29. The number of halogens is 1. The second-order valence-corrected chi connectivity index (χ2v) is 7.87. The molecule has 178 valence electrons. The van der Waals surface area contributed by atoms with E-state index in [1.54, 1.807) is 48.5 Å². The molecule has 0 bridgehead atoms. The zero-order chi connectivity index (χ0) is 25.1. The Morgan fingerprint density at radius 2 is 1.69 bits per heavy atom. The molecular weight excluding hydrogens is 453 g/mol. The maximum absolute atomic E-state index is 13.4. The predicted octanol–water partition coefficient (Wildman–Crippen LogP) is 4.18. The Labute approximate surface area is 201 Å². The molecule has 0 spiro atoms. The molecule has 3 aromatic rings. The Bertz CT molecular complexity index is 1310. The lowest BCUT2D eigenvalue weighted by molar-refractivity contribution is -0.139. The Morgan fingerprint density at radius 1 is 1.00 bits per heavy atom. The van der Waals surface area contributed by atoms with Crippen LogP contribution in [0.4, 0.5) is 10.1 Å². The number of ether oxygens (including phenoxy) is 2. The summed E-state index contributed by atoms with van der Waals surface area (Å²) in [6.45, 7) is 0. The van der Waals surface area contributed by atoms with Crippen molar-refractivity contribution in [1.29, 1.82) is 0 Å². The van der Waals surface area contributed by atoms with Crippen LogP contribution < -0.4 is 9.64 Å². The maximum Gasteiger partial charge on any atom is 0.309 e. The SMILES string of the molecule is COC(=O)Cc1ccc(N2C(=O)C(=O)/C(=C(\O)c3ccc(F)cc3)C2c2cccc(OC)c2)cc1. The van der Waals surface area contributed by atoms with E-state index in [2.05, 4.69) is 4.74 Å². The van der Waals surface area contributed by atoms with Crippen LogP contribution in [0, 0.1) is 5.82 Å². The monoisotopic (exact) mass is 475 g/mol. The molecule has 35 heavy (non-hydrogen) atoms. The van der Waals surface area contributed by atoms with Gasteiger partial charge in [-0.2, -0.15) is 0 Å². The van der Waals surface area contributed by atoms with E-state index >= 15 is 0 Å². The smallest absolute Gasteiger partial charge is 0.309 e. The Hall–Kier alpha value is -4.46. The van der Waals surface area contributed by atoms with Gasteiger partial charge in [0.05, 0.1) is 32.3 Å². The average molecular weight is 475 g/mol. The lowest BCUT2D eigenvalue weighted by atomic mass is 9.95. The minimum absolute atomic E-state index is 0.0550. The van der Waals surface area contributed by atoms with Crippen molar-refractivity contribution in [2.75, 3.05) is 19.1 Å². The minimum atomic E-state index is -0.971. The fraction of sp³-hybridized carbons (Fsp3) is 0.148. The van der Waals surface area contributed by atoms with Crippen LogP contribution in [0.5, 0.6) is 5.75 Å². The summed E-state index contributed by atoms with van der Waals surface area (Å²) in [5, 5.41) is 11.1. The highest BCUT2D eigenvalue weighted by Gasteiger charge is 2.47. The first kappa shape index (κ1) is 23.7. The third-order valence-corrected chi connectivity index (χ3v) is 5.76. The number of ketones is 1. The van der Waals surface area contributed by atoms with E-state index in [0.717, 1.165) is 12.1 Å². The molecule has 0 aliphatic carbocycles. The van der Waals surface area contributed by atoms with Gasteiger partial charge >= 0.3 is 5.97 Å². The van der Waals surface area contributed by atoms with Gasteiger partial charge in [0, 0.05) is 11.3 Å². The molecular formula is C27H22FNO6. The van der Waals surface area contributed by atoms with E-state index in [1.165, 1.54) is 31.3 Å². The summed E-state index contributed by atoms with van der Waals surface area (Å²) < 4.78 is 23.4. The van der Waals surface area contributed by atoms with Crippen molar-refractivity contribution in [1.82, 2.24) is 0 Å². The zero-order valence-corrected chi connectivity index (χ0v) is 19.0. The molecule has 1 saturated heterocycles. The van der Waals surface area contributed by atoms with Crippen molar-refractivity contribution in [3.63, 3.8) is 0 Å². The summed E-state index contributed by atoms with van der Waals surface area (Å²) in [5.74, 6) is -2.53. The van der Waals surface area contributed by atoms with Crippen LogP contribution >= 0.6 is 0 Å². The molecule has 1 N–H and O–H groups in total. The molecule has 0 radical (unpaired) electrons. The Morgan fingerprint density at radius 3 is 2.31 bits per heavy atom. The van der Waals surface area contributed by atoms with Crippen LogP contribution in [0.1, 0.15) is 22.7 Å². The largest absolute Gasteiger partial charge is 0.507 e. The van der Waals surface area contributed by atoms with Crippen molar-refractivity contribution in [3.05, 3.63) is 101 Å². The highest BCUT2D eigenvalue weighted by Crippen LogP contribution is 2.42. The molecule has 8 heteroatoms. The second kappa shape index (κ2) is 9.80. The molecule has 0 aromatic heterocycles. The highest BCUT2D eigenvalue weighted by molar-refractivity contribution is 6.51. The third kappa shape index (κ3) is 4.63. The van der Waals surface area contributed by atoms with Gasteiger partial charge in [-0.15, -0.1) is 0 Å². The van der Waals surface area contributed by atoms with Gasteiger partial charge in [0.1, 0.15) is 17.3 Å². The van der Waals surface area contributed by atoms with Crippen LogP contribution in [0.2, 0.25) is 0 Å². The molecule has 1 unspecified atom stereocenters. The summed E-state index contributed by atoms with van der Waals surface area (Å²) in [7, 11) is 2.79. The maximum atomic E-state index is 13.4. The summed E-state index contributed by atoms with van der Waals surface area (Å²) in [4.78, 5) is 39.3. The third-order valence-electron chi connectivity index (χ3n) is 5.76. The van der Waals surface area contributed by atoms with E-state index < -0.39 is 35.3 Å². The first-order chi connectivity index (χ1) is 16.8. The van der Waals surface area contributed by atoms with Crippen LogP contribution in [-0.4, -0.2) is 37.0 Å². The van der Waals surface area contributed by atoms with Crippen molar-refractivity contribution >= 4 is 29.1 Å². The van der Waals surface area contributed by atoms with E-state index in [-0.39, 0.29) is 17.6 Å². The summed E-state index contributed by atoms with van der Waals surface area (Å²) >= 11 is 0. The number of methoxy groups -OCH3 is 2. The van der Waals surface area contributed by atoms with Crippen LogP contribution in [0.25, 0.3) is 5.76 Å². The molecule has 1 aliphatic rings. The number of benzene rings is 3. The molecule has 1 atom stereocenters. The van der Waals surface area contributed by atoms with Gasteiger partial charge in [0.15, 0.2) is 0 Å². The number of hydrogen-bond acceptors (Lipinski definition) is 6. The minimum Gasteiger partial charge on any atom is -0.507 e. The molecule has 3 aromatic carbocycles. The first-order valence-electron chi connectivity index (χ1n) is 10.7. The topological polar surface area (TPSA) is 93.1 Å². The van der Waals surface area contributed by atoms with E-state index in [0.29, 0.717) is 22.6 Å². The normalized spacial score (nSPS) is 16.9. The summed E-state index contributed by atoms with van der Waals surface area (Å²) in [6, 6.07) is 17.4. The molecule has 1 aliphatic heterocycles. The Balaban J connectivity index is 1.86. The van der Waals surface area contributed by atoms with E-state index in [4.69, 9.17) is 4.74 Å². The first-order valence-corrected chi connectivity index (χ1v) is 10.7. The number of Topliss-reactive ketones (excluding diaryl/α,β-unsaturated/α-hetero) is 1. The fourth-order valence-electron chi connectivity index (χ4n) is 4.00. The van der Waals surface area contributed by atoms with Crippen LogP contribution in [-0.2, 0) is 25.5 Å². The molecule has 1 fully saturated rings. The standard InChI is InChI=1S/C27H22FNO6/c1-34-21-5-3-4-18(15-21)24-23(25(31)17-8-10-19(28)11-9-17)26(32)27(33)29(24)20-12-6-16(7-13-20)14-22(30)35-2/h3-13,15,24,31H,14H2,1-2H3/b25-23-. The van der Waals surface area contributed by atoms with Gasteiger partial charge in [0.2, 0.25) is 0 Å². The van der Waals surface area contributed by atoms with Crippen molar-refractivity contribution in [2.45, 2.75) is 12.5 Å². The average Bonchev–Trinajstić information content (AvgIpc) is 3.14. The van der Waals surface area contributed by atoms with E-state index in [1.807, 2.05) is 0 Å². The van der Waals surface area contributed by atoms with Crippen molar-refractivity contribution in [3.8, 4) is 5.75 Å². The number of carbonyl (C=O) groups is 3. The number of aliphatic hydroxyl groups excluding tert-OH is 1. The molecule has 1 heterocycles. The number of hydrogen-bond donors (Lipinski definition) is 1. The van der Waals surface area contributed by atoms with Gasteiger partial charge in [-0.1, -0.05) is 24.3 Å². The molecule has 7 nitrogen and oxygen atoms in total. The van der Waals surface area contributed by atoms with Gasteiger partial charge in [-0.05, 0) is 59.7 Å². The van der Waals surface area contributed by atoms with Crippen molar-refractivity contribution < 1.29 is 33.4 Å².